The zero-order valence-corrected chi connectivity index (χ0v) is 13.5. The maximum absolute atomic E-state index is 13.7. The molecule has 0 radical (unpaired) electrons. The maximum atomic E-state index is 13.7. The van der Waals surface area contributed by atoms with Crippen molar-refractivity contribution >= 4 is 27.5 Å². The fourth-order valence-corrected chi connectivity index (χ4v) is 3.19. The molecule has 0 aliphatic rings. The average molecular weight is 360 g/mol. The number of rotatable bonds is 3. The minimum Gasteiger partial charge on any atom is -0.207 e. The molecule has 2 aromatic rings. The van der Waals surface area contributed by atoms with Gasteiger partial charge in [0, 0.05) is 15.9 Å². The molecule has 4 heteroatoms. The molecule has 0 saturated heterocycles. The fourth-order valence-electron chi connectivity index (χ4n) is 2.13. The van der Waals surface area contributed by atoms with Gasteiger partial charge in [-0.15, -0.1) is 0 Å². The van der Waals surface area contributed by atoms with Crippen molar-refractivity contribution in [3.05, 3.63) is 69.2 Å². The van der Waals surface area contributed by atoms with Gasteiger partial charge in [0.15, 0.2) is 0 Å². The number of alkyl halides is 1. The first-order valence-corrected chi connectivity index (χ1v) is 7.52. The van der Waals surface area contributed by atoms with Gasteiger partial charge in [-0.1, -0.05) is 39.7 Å². The topological polar surface area (TPSA) is 0 Å². The number of halogens is 4. The highest BCUT2D eigenvalue weighted by Gasteiger charge is 2.15. The normalized spacial score (nSPS) is 12.5. The van der Waals surface area contributed by atoms with E-state index in [1.54, 1.807) is 0 Å². The highest BCUT2D eigenvalue weighted by molar-refractivity contribution is 9.09. The van der Waals surface area contributed by atoms with Crippen LogP contribution in [-0.2, 0) is 6.42 Å². The summed E-state index contributed by atoms with van der Waals surface area (Å²) in [6, 6.07) is 7.57. The largest absolute Gasteiger partial charge is 0.207 e. The molecular weight excluding hydrogens is 346 g/mol. The van der Waals surface area contributed by atoms with Crippen LogP contribution in [0.15, 0.2) is 30.3 Å². The summed E-state index contributed by atoms with van der Waals surface area (Å²) >= 11 is 9.66. The summed E-state index contributed by atoms with van der Waals surface area (Å²) in [5, 5.41) is 0.721. The molecule has 2 rings (SSSR count). The van der Waals surface area contributed by atoms with Crippen LogP contribution in [0.2, 0.25) is 5.02 Å². The Morgan fingerprint density at radius 3 is 2.45 bits per heavy atom. The van der Waals surface area contributed by atoms with Crippen LogP contribution in [-0.4, -0.2) is 0 Å². The summed E-state index contributed by atoms with van der Waals surface area (Å²) in [5.74, 6) is -1.08. The van der Waals surface area contributed by atoms with Crippen LogP contribution < -0.4 is 0 Å². The highest BCUT2D eigenvalue weighted by Crippen LogP contribution is 2.33. The van der Waals surface area contributed by atoms with E-state index in [2.05, 4.69) is 15.9 Å². The van der Waals surface area contributed by atoms with Crippen molar-refractivity contribution in [2.24, 2.45) is 0 Å². The maximum Gasteiger partial charge on any atom is 0.129 e. The van der Waals surface area contributed by atoms with Crippen molar-refractivity contribution in [3.8, 4) is 0 Å². The van der Waals surface area contributed by atoms with Crippen molar-refractivity contribution in [3.63, 3.8) is 0 Å². The Hall–Kier alpha value is -0.930. The Kier molecular flexibility index (Phi) is 4.82. The van der Waals surface area contributed by atoms with Gasteiger partial charge in [0.25, 0.3) is 0 Å². The van der Waals surface area contributed by atoms with Crippen molar-refractivity contribution in [2.75, 3.05) is 0 Å². The first kappa shape index (κ1) is 15.5. The van der Waals surface area contributed by atoms with E-state index in [-0.39, 0.29) is 4.83 Å². The van der Waals surface area contributed by atoms with Crippen molar-refractivity contribution in [1.82, 2.24) is 0 Å². The molecule has 0 aliphatic heterocycles. The third kappa shape index (κ3) is 3.39. The lowest BCUT2D eigenvalue weighted by Gasteiger charge is -2.15. The highest BCUT2D eigenvalue weighted by atomic mass is 79.9. The molecule has 2 aromatic carbocycles. The Bertz CT molecular complexity index is 641. The van der Waals surface area contributed by atoms with Crippen molar-refractivity contribution < 1.29 is 8.78 Å². The molecule has 0 N–H and O–H groups in total. The monoisotopic (exact) mass is 358 g/mol. The summed E-state index contributed by atoms with van der Waals surface area (Å²) in [7, 11) is 0. The smallest absolute Gasteiger partial charge is 0.129 e. The van der Waals surface area contributed by atoms with Crippen LogP contribution >= 0.6 is 27.5 Å². The van der Waals surface area contributed by atoms with Gasteiger partial charge >= 0.3 is 0 Å². The van der Waals surface area contributed by atoms with E-state index in [4.69, 9.17) is 11.6 Å². The third-order valence-electron chi connectivity index (χ3n) is 3.30. The van der Waals surface area contributed by atoms with Crippen molar-refractivity contribution in [2.45, 2.75) is 25.1 Å². The Morgan fingerprint density at radius 2 is 1.80 bits per heavy atom. The Labute approximate surface area is 130 Å². The summed E-state index contributed by atoms with van der Waals surface area (Å²) in [6.45, 7) is 3.90. The average Bonchev–Trinajstić information content (AvgIpc) is 2.37. The zero-order chi connectivity index (χ0) is 14.9. The quantitative estimate of drug-likeness (QED) is 0.597. The molecule has 0 aromatic heterocycles. The predicted octanol–water partition coefficient (Wildman–Crippen LogP) is 5.91. The number of aryl methyl sites for hydroxylation is 2. The summed E-state index contributed by atoms with van der Waals surface area (Å²) < 4.78 is 26.6. The van der Waals surface area contributed by atoms with Crippen LogP contribution in [0.3, 0.4) is 0 Å². The molecule has 0 nitrogen and oxygen atoms in total. The molecule has 106 valence electrons. The second-order valence-electron chi connectivity index (χ2n) is 4.87. The van der Waals surface area contributed by atoms with Crippen LogP contribution in [0.5, 0.6) is 0 Å². The summed E-state index contributed by atoms with van der Waals surface area (Å²) in [6.07, 6.45) is 0.452. The molecule has 0 aliphatic carbocycles. The van der Waals surface area contributed by atoms with E-state index in [0.29, 0.717) is 12.0 Å². The first-order valence-electron chi connectivity index (χ1n) is 6.23. The van der Waals surface area contributed by atoms with Gasteiger partial charge in [0.1, 0.15) is 11.6 Å². The van der Waals surface area contributed by atoms with E-state index >= 15 is 0 Å². The van der Waals surface area contributed by atoms with Gasteiger partial charge in [-0.25, -0.2) is 8.78 Å². The molecule has 0 fully saturated rings. The van der Waals surface area contributed by atoms with Crippen LogP contribution in [0.1, 0.15) is 27.1 Å². The second-order valence-corrected chi connectivity index (χ2v) is 6.38. The summed E-state index contributed by atoms with van der Waals surface area (Å²) in [5.41, 5.74) is 3.58. The second kappa shape index (κ2) is 6.23. The SMILES string of the molecule is Cc1cc(C(Br)Cc2ccc(F)cc2F)c(C)cc1Cl. The first-order chi connectivity index (χ1) is 9.38. The van der Waals surface area contributed by atoms with Gasteiger partial charge < -0.3 is 0 Å². The summed E-state index contributed by atoms with van der Waals surface area (Å²) in [4.78, 5) is -0.0431. The zero-order valence-electron chi connectivity index (χ0n) is 11.2. The van der Waals surface area contributed by atoms with Crippen LogP contribution in [0.4, 0.5) is 8.78 Å². The number of benzene rings is 2. The third-order valence-corrected chi connectivity index (χ3v) is 4.52. The fraction of sp³-hybridized carbons (Fsp3) is 0.250. The molecule has 0 spiro atoms. The lowest BCUT2D eigenvalue weighted by molar-refractivity contribution is 0.571. The Morgan fingerprint density at radius 1 is 1.10 bits per heavy atom. The van der Waals surface area contributed by atoms with Gasteiger partial charge in [-0.2, -0.15) is 0 Å². The van der Waals surface area contributed by atoms with Gasteiger partial charge in [0.05, 0.1) is 0 Å². The van der Waals surface area contributed by atoms with E-state index < -0.39 is 11.6 Å². The lowest BCUT2D eigenvalue weighted by atomic mass is 9.98. The minimum absolute atomic E-state index is 0.0431. The molecular formula is C16H14BrClF2. The lowest BCUT2D eigenvalue weighted by Crippen LogP contribution is -2.01. The van der Waals surface area contributed by atoms with E-state index in [1.807, 2.05) is 26.0 Å². The standard InChI is InChI=1S/C16H14BrClF2/c1-9-6-15(18)10(2)5-13(9)14(17)7-11-3-4-12(19)8-16(11)20/h3-6,8,14H,7H2,1-2H3. The van der Waals surface area contributed by atoms with Crippen LogP contribution in [0.25, 0.3) is 0 Å². The van der Waals surface area contributed by atoms with Crippen LogP contribution in [0, 0.1) is 25.5 Å². The predicted molar refractivity (Wildman–Crippen MR) is 82.7 cm³/mol. The molecule has 0 amide bonds. The Balaban J connectivity index is 2.28. The van der Waals surface area contributed by atoms with E-state index in [9.17, 15) is 8.78 Å². The number of hydrogen-bond acceptors (Lipinski definition) is 0. The molecule has 1 atom stereocenters. The van der Waals surface area contributed by atoms with Crippen molar-refractivity contribution in [1.29, 1.82) is 0 Å². The minimum atomic E-state index is -0.559. The van der Waals surface area contributed by atoms with E-state index in [0.717, 1.165) is 27.8 Å². The molecule has 0 bridgehead atoms. The van der Waals surface area contributed by atoms with Gasteiger partial charge in [-0.05, 0) is 54.7 Å². The van der Waals surface area contributed by atoms with Gasteiger partial charge in [-0.3, -0.25) is 0 Å². The van der Waals surface area contributed by atoms with E-state index in [1.165, 1.54) is 12.1 Å². The molecule has 0 saturated carbocycles. The molecule has 1 unspecified atom stereocenters. The van der Waals surface area contributed by atoms with Gasteiger partial charge in [0.2, 0.25) is 0 Å². The molecule has 0 heterocycles. The number of hydrogen-bond donors (Lipinski definition) is 0. The molecule has 20 heavy (non-hydrogen) atoms.